The number of nitrogens with two attached hydrogens (primary N) is 1. The van der Waals surface area contributed by atoms with Gasteiger partial charge in [0, 0.05) is 11.8 Å². The van der Waals surface area contributed by atoms with Crippen molar-refractivity contribution in [1.29, 1.82) is 0 Å². The highest BCUT2D eigenvalue weighted by Gasteiger charge is 2.03. The van der Waals surface area contributed by atoms with Crippen LogP contribution in [-0.4, -0.2) is 21.8 Å². The third-order valence-corrected chi connectivity index (χ3v) is 3.01. The van der Waals surface area contributed by atoms with Crippen molar-refractivity contribution < 1.29 is 0 Å². The van der Waals surface area contributed by atoms with Crippen LogP contribution in [0.3, 0.4) is 0 Å². The molecule has 1 aromatic carbocycles. The topological polar surface area (TPSA) is 54.7 Å². The number of nitrogens with zero attached hydrogens (tertiary/aromatic N) is 1. The second kappa shape index (κ2) is 5.39. The first kappa shape index (κ1) is 12.4. The number of H-pyrrole nitrogens is 1. The number of halogens is 1. The van der Waals surface area contributed by atoms with Crippen LogP contribution in [0.4, 0.5) is 0 Å². The number of para-hydroxylation sites is 2. The molecule has 0 bridgehead atoms. The predicted octanol–water partition coefficient (Wildman–Crippen LogP) is 2.42. The minimum Gasteiger partial charge on any atom is -0.333 e. The van der Waals surface area contributed by atoms with Crippen LogP contribution in [-0.2, 0) is 0 Å². The van der Waals surface area contributed by atoms with Gasteiger partial charge in [0.25, 0.3) is 0 Å². The Balaban J connectivity index is 0.00000112. The van der Waals surface area contributed by atoms with Crippen LogP contribution in [0.5, 0.6) is 0 Å². The van der Waals surface area contributed by atoms with Gasteiger partial charge in [-0.25, -0.2) is 4.98 Å². The standard InChI is InChI=1S/C10H13N3S.ClH/c1-7(11)6-14-10-12-8-4-2-3-5-9(8)13-10;/h2-5,7H,6,11H2,1H3,(H,12,13);1H. The van der Waals surface area contributed by atoms with Crippen LogP contribution in [0.2, 0.25) is 0 Å². The summed E-state index contributed by atoms with van der Waals surface area (Å²) in [7, 11) is 0. The van der Waals surface area contributed by atoms with E-state index in [0.29, 0.717) is 0 Å². The average molecular weight is 244 g/mol. The zero-order valence-electron chi connectivity index (χ0n) is 8.43. The number of aromatic amines is 1. The number of imidazole rings is 1. The summed E-state index contributed by atoms with van der Waals surface area (Å²) in [5.41, 5.74) is 7.77. The Hall–Kier alpha value is -0.710. The summed E-state index contributed by atoms with van der Waals surface area (Å²) in [5.74, 6) is 0.889. The molecule has 0 aliphatic heterocycles. The van der Waals surface area contributed by atoms with E-state index < -0.39 is 0 Å². The molecule has 3 N–H and O–H groups in total. The van der Waals surface area contributed by atoms with Crippen LogP contribution in [0.1, 0.15) is 6.92 Å². The maximum Gasteiger partial charge on any atom is 0.166 e. The fourth-order valence-corrected chi connectivity index (χ4v) is 1.97. The average Bonchev–Trinajstić information content (AvgIpc) is 2.57. The van der Waals surface area contributed by atoms with E-state index in [9.17, 15) is 0 Å². The second-order valence-corrected chi connectivity index (χ2v) is 4.36. The molecular weight excluding hydrogens is 230 g/mol. The van der Waals surface area contributed by atoms with Crippen molar-refractivity contribution in [2.45, 2.75) is 18.1 Å². The zero-order chi connectivity index (χ0) is 9.97. The summed E-state index contributed by atoms with van der Waals surface area (Å²) >= 11 is 1.66. The minimum atomic E-state index is 0. The zero-order valence-corrected chi connectivity index (χ0v) is 10.1. The van der Waals surface area contributed by atoms with Crippen LogP contribution in [0.25, 0.3) is 11.0 Å². The molecule has 5 heteroatoms. The lowest BCUT2D eigenvalue weighted by molar-refractivity contribution is 0.844. The van der Waals surface area contributed by atoms with Gasteiger partial charge in [-0.05, 0) is 19.1 Å². The fourth-order valence-electron chi connectivity index (χ4n) is 1.21. The molecule has 0 saturated carbocycles. The van der Waals surface area contributed by atoms with Crippen LogP contribution >= 0.6 is 24.2 Å². The molecule has 0 spiro atoms. The van der Waals surface area contributed by atoms with E-state index in [1.165, 1.54) is 0 Å². The molecule has 2 rings (SSSR count). The Kier molecular flexibility index (Phi) is 4.45. The smallest absolute Gasteiger partial charge is 0.166 e. The molecule has 1 aromatic heterocycles. The summed E-state index contributed by atoms with van der Waals surface area (Å²) < 4.78 is 0. The van der Waals surface area contributed by atoms with Gasteiger partial charge in [-0.1, -0.05) is 23.9 Å². The first-order valence-corrected chi connectivity index (χ1v) is 5.57. The molecule has 0 saturated heterocycles. The summed E-state index contributed by atoms with van der Waals surface area (Å²) in [6, 6.07) is 8.22. The number of aromatic nitrogens is 2. The normalized spacial score (nSPS) is 12.4. The first-order chi connectivity index (χ1) is 6.75. The number of hydrogen-bond donors (Lipinski definition) is 2. The van der Waals surface area contributed by atoms with Gasteiger partial charge < -0.3 is 10.7 Å². The lowest BCUT2D eigenvalue weighted by Gasteiger charge is -2.00. The van der Waals surface area contributed by atoms with E-state index in [-0.39, 0.29) is 18.4 Å². The van der Waals surface area contributed by atoms with Crippen molar-refractivity contribution in [2.24, 2.45) is 5.73 Å². The van der Waals surface area contributed by atoms with E-state index in [2.05, 4.69) is 9.97 Å². The molecule has 3 nitrogen and oxygen atoms in total. The van der Waals surface area contributed by atoms with Crippen LogP contribution in [0.15, 0.2) is 29.4 Å². The number of rotatable bonds is 3. The van der Waals surface area contributed by atoms with Gasteiger partial charge in [-0.15, -0.1) is 12.4 Å². The number of benzene rings is 1. The van der Waals surface area contributed by atoms with Gasteiger partial charge in [0.15, 0.2) is 5.16 Å². The van der Waals surface area contributed by atoms with Crippen molar-refractivity contribution in [2.75, 3.05) is 5.75 Å². The molecule has 82 valence electrons. The maximum atomic E-state index is 5.67. The third-order valence-electron chi connectivity index (χ3n) is 1.85. The third kappa shape index (κ3) is 3.12. The highest BCUT2D eigenvalue weighted by atomic mass is 35.5. The molecule has 0 aliphatic carbocycles. The molecule has 2 aromatic rings. The van der Waals surface area contributed by atoms with Crippen molar-refractivity contribution in [3.8, 4) is 0 Å². The summed E-state index contributed by atoms with van der Waals surface area (Å²) in [6.45, 7) is 2.00. The quantitative estimate of drug-likeness (QED) is 0.815. The van der Waals surface area contributed by atoms with E-state index in [0.717, 1.165) is 21.9 Å². The van der Waals surface area contributed by atoms with Gasteiger partial charge in [-0.2, -0.15) is 0 Å². The van der Waals surface area contributed by atoms with E-state index in [4.69, 9.17) is 5.73 Å². The Labute approximate surface area is 99.3 Å². The fraction of sp³-hybridized carbons (Fsp3) is 0.300. The van der Waals surface area contributed by atoms with Crippen LogP contribution in [0, 0.1) is 0 Å². The second-order valence-electron chi connectivity index (χ2n) is 3.35. The summed E-state index contributed by atoms with van der Waals surface area (Å²) in [6.07, 6.45) is 0. The van der Waals surface area contributed by atoms with Crippen molar-refractivity contribution >= 4 is 35.2 Å². The largest absolute Gasteiger partial charge is 0.333 e. The Morgan fingerprint density at radius 3 is 2.87 bits per heavy atom. The van der Waals surface area contributed by atoms with Gasteiger partial charge in [-0.3, -0.25) is 0 Å². The van der Waals surface area contributed by atoms with Gasteiger partial charge in [0.2, 0.25) is 0 Å². The molecule has 1 atom stereocenters. The lowest BCUT2D eigenvalue weighted by Crippen LogP contribution is -2.17. The minimum absolute atomic E-state index is 0. The van der Waals surface area contributed by atoms with Crippen molar-refractivity contribution in [3.05, 3.63) is 24.3 Å². The molecule has 0 fully saturated rings. The summed E-state index contributed by atoms with van der Waals surface area (Å²) in [4.78, 5) is 7.68. The van der Waals surface area contributed by atoms with Gasteiger partial charge in [0.05, 0.1) is 11.0 Å². The maximum absolute atomic E-state index is 5.67. The van der Waals surface area contributed by atoms with Crippen LogP contribution < -0.4 is 5.73 Å². The number of hydrogen-bond acceptors (Lipinski definition) is 3. The highest BCUT2D eigenvalue weighted by molar-refractivity contribution is 7.99. The number of thioether (sulfide) groups is 1. The monoisotopic (exact) mass is 243 g/mol. The first-order valence-electron chi connectivity index (χ1n) is 4.59. The molecule has 1 heterocycles. The molecule has 0 amide bonds. The molecule has 0 aliphatic rings. The van der Waals surface area contributed by atoms with Crippen molar-refractivity contribution in [1.82, 2.24) is 9.97 Å². The highest BCUT2D eigenvalue weighted by Crippen LogP contribution is 2.19. The van der Waals surface area contributed by atoms with Crippen molar-refractivity contribution in [3.63, 3.8) is 0 Å². The van der Waals surface area contributed by atoms with Gasteiger partial charge >= 0.3 is 0 Å². The molecular formula is C10H14ClN3S. The Bertz CT molecular complexity index is 394. The van der Waals surface area contributed by atoms with E-state index in [1.807, 2.05) is 31.2 Å². The van der Waals surface area contributed by atoms with E-state index >= 15 is 0 Å². The molecule has 15 heavy (non-hydrogen) atoms. The Morgan fingerprint density at radius 1 is 1.47 bits per heavy atom. The predicted molar refractivity (Wildman–Crippen MR) is 67.7 cm³/mol. The molecule has 1 unspecified atom stereocenters. The van der Waals surface area contributed by atoms with E-state index in [1.54, 1.807) is 11.8 Å². The summed E-state index contributed by atoms with van der Waals surface area (Å²) in [5, 5.41) is 0.948. The Morgan fingerprint density at radius 2 is 2.20 bits per heavy atom. The SMILES string of the molecule is CC(N)CSc1nc2ccccc2[nH]1.Cl. The lowest BCUT2D eigenvalue weighted by atomic mass is 10.3. The van der Waals surface area contributed by atoms with Gasteiger partial charge in [0.1, 0.15) is 0 Å². The number of nitrogens with one attached hydrogen (secondary N) is 1. The molecule has 0 radical (unpaired) electrons. The number of fused-ring (bicyclic) bond motifs is 1.